The van der Waals surface area contributed by atoms with E-state index in [9.17, 15) is 41.3 Å². The quantitative estimate of drug-likeness (QED) is 0.252. The summed E-state index contributed by atoms with van der Waals surface area (Å²) in [5.74, 6) is -0.416. The Hall–Kier alpha value is -2.96. The van der Waals surface area contributed by atoms with Gasteiger partial charge in [0.1, 0.15) is 5.69 Å². The van der Waals surface area contributed by atoms with E-state index >= 15 is 0 Å². The number of nitro groups is 1. The summed E-state index contributed by atoms with van der Waals surface area (Å²) in [5.41, 5.74) is -2.59. The topological polar surface area (TPSA) is 66.7 Å². The number of halogens is 6. The summed E-state index contributed by atoms with van der Waals surface area (Å²) < 4.78 is 77.1. The molecule has 33 heavy (non-hydrogen) atoms. The average molecular weight is 493 g/mol. The standard InChI is InChI=1S/C20H17F6N3O3S/c21-19(22,23)13-2-1-3-15(10-13)33-12-18(30)28-8-6-27(7-9-28)16-5-4-14(20(24,25)26)11-17(16)29(31)32/h1-5,10-11H,6-9,12H2. The molecule has 1 aliphatic heterocycles. The second kappa shape index (κ2) is 9.49. The molecule has 0 radical (unpaired) electrons. The summed E-state index contributed by atoms with van der Waals surface area (Å²) in [6.45, 7) is 0.651. The number of carbonyl (C=O) groups is 1. The maximum absolute atomic E-state index is 12.9. The van der Waals surface area contributed by atoms with Crippen LogP contribution >= 0.6 is 11.8 Å². The number of benzene rings is 2. The maximum Gasteiger partial charge on any atom is 0.416 e. The molecule has 1 amide bonds. The number of carbonyl (C=O) groups excluding carboxylic acids is 1. The maximum atomic E-state index is 12.9. The lowest BCUT2D eigenvalue weighted by Gasteiger charge is -2.35. The molecule has 0 spiro atoms. The smallest absolute Gasteiger partial charge is 0.362 e. The Morgan fingerprint density at radius 2 is 1.55 bits per heavy atom. The lowest BCUT2D eigenvalue weighted by atomic mass is 10.1. The van der Waals surface area contributed by atoms with Gasteiger partial charge in [-0.1, -0.05) is 6.07 Å². The zero-order chi connectivity index (χ0) is 24.4. The molecular weight excluding hydrogens is 476 g/mol. The van der Waals surface area contributed by atoms with E-state index in [4.69, 9.17) is 0 Å². The van der Waals surface area contributed by atoms with E-state index < -0.39 is 34.1 Å². The van der Waals surface area contributed by atoms with Crippen molar-refractivity contribution in [2.24, 2.45) is 0 Å². The molecule has 1 aliphatic rings. The Bertz CT molecular complexity index is 1040. The predicted octanol–water partition coefficient (Wildman–Crippen LogP) is 5.07. The number of thioether (sulfide) groups is 1. The number of alkyl halides is 6. The Morgan fingerprint density at radius 3 is 2.12 bits per heavy atom. The molecule has 3 rings (SSSR count). The van der Waals surface area contributed by atoms with Gasteiger partial charge in [0.2, 0.25) is 5.91 Å². The highest BCUT2D eigenvalue weighted by molar-refractivity contribution is 8.00. The minimum Gasteiger partial charge on any atom is -0.362 e. The highest BCUT2D eigenvalue weighted by Gasteiger charge is 2.34. The molecule has 1 saturated heterocycles. The molecule has 0 N–H and O–H groups in total. The van der Waals surface area contributed by atoms with Crippen molar-refractivity contribution in [3.05, 3.63) is 63.7 Å². The largest absolute Gasteiger partial charge is 0.416 e. The molecule has 0 unspecified atom stereocenters. The number of nitro benzene ring substituents is 1. The normalized spacial score (nSPS) is 15.0. The minimum absolute atomic E-state index is 0.0263. The van der Waals surface area contributed by atoms with E-state index in [1.807, 2.05) is 0 Å². The van der Waals surface area contributed by atoms with E-state index in [0.29, 0.717) is 6.07 Å². The molecule has 6 nitrogen and oxygen atoms in total. The Kier molecular flexibility index (Phi) is 7.10. The minimum atomic E-state index is -4.72. The van der Waals surface area contributed by atoms with Crippen molar-refractivity contribution in [1.82, 2.24) is 4.90 Å². The predicted molar refractivity (Wildman–Crippen MR) is 109 cm³/mol. The van der Waals surface area contributed by atoms with Gasteiger partial charge in [0, 0.05) is 37.1 Å². The second-order valence-corrected chi connectivity index (χ2v) is 8.19. The SMILES string of the molecule is O=C(CSc1cccc(C(F)(F)F)c1)N1CCN(c2ccc(C(F)(F)F)cc2[N+](=O)[O-])CC1. The van der Waals surface area contributed by atoms with E-state index in [2.05, 4.69) is 0 Å². The number of hydrogen-bond donors (Lipinski definition) is 0. The van der Waals surface area contributed by atoms with Gasteiger partial charge in [0.15, 0.2) is 0 Å². The van der Waals surface area contributed by atoms with Gasteiger partial charge in [0.05, 0.1) is 21.8 Å². The summed E-state index contributed by atoms with van der Waals surface area (Å²) in [7, 11) is 0. The van der Waals surface area contributed by atoms with Crippen LogP contribution in [0.4, 0.5) is 37.7 Å². The molecule has 0 atom stereocenters. The van der Waals surface area contributed by atoms with Crippen LogP contribution < -0.4 is 4.90 Å². The zero-order valence-electron chi connectivity index (χ0n) is 16.8. The van der Waals surface area contributed by atoms with Gasteiger partial charge in [-0.2, -0.15) is 26.3 Å². The number of rotatable bonds is 5. The molecule has 13 heteroatoms. The highest BCUT2D eigenvalue weighted by Crippen LogP contribution is 2.37. The van der Waals surface area contributed by atoms with Gasteiger partial charge in [-0.3, -0.25) is 14.9 Å². The summed E-state index contributed by atoms with van der Waals surface area (Å²) in [5, 5.41) is 11.3. The summed E-state index contributed by atoms with van der Waals surface area (Å²) in [4.78, 5) is 26.2. The molecule has 1 fully saturated rings. The van der Waals surface area contributed by atoms with Crippen LogP contribution in [0.5, 0.6) is 0 Å². The Labute approximate surface area is 188 Å². The van der Waals surface area contributed by atoms with Gasteiger partial charge in [-0.15, -0.1) is 11.8 Å². The number of nitrogens with zero attached hydrogens (tertiary/aromatic N) is 3. The van der Waals surface area contributed by atoms with Crippen molar-refractivity contribution < 1.29 is 36.1 Å². The van der Waals surface area contributed by atoms with Crippen LogP contribution in [-0.4, -0.2) is 47.7 Å². The highest BCUT2D eigenvalue weighted by atomic mass is 32.2. The molecule has 178 valence electrons. The molecule has 0 aromatic heterocycles. The van der Waals surface area contributed by atoms with Crippen molar-refractivity contribution in [2.45, 2.75) is 17.2 Å². The van der Waals surface area contributed by atoms with Crippen LogP contribution in [0.15, 0.2) is 47.4 Å². The van der Waals surface area contributed by atoms with Crippen molar-refractivity contribution in [3.63, 3.8) is 0 Å². The van der Waals surface area contributed by atoms with Crippen LogP contribution in [0.3, 0.4) is 0 Å². The third-order valence-electron chi connectivity index (χ3n) is 5.00. The third kappa shape index (κ3) is 6.09. The van der Waals surface area contributed by atoms with Gasteiger partial charge in [0.25, 0.3) is 5.69 Å². The number of hydrogen-bond acceptors (Lipinski definition) is 5. The second-order valence-electron chi connectivity index (χ2n) is 7.14. The van der Waals surface area contributed by atoms with E-state index in [1.165, 1.54) is 21.9 Å². The van der Waals surface area contributed by atoms with Crippen LogP contribution in [0.2, 0.25) is 0 Å². The average Bonchev–Trinajstić information content (AvgIpc) is 2.76. The fourth-order valence-electron chi connectivity index (χ4n) is 3.31. The van der Waals surface area contributed by atoms with Gasteiger partial charge in [-0.25, -0.2) is 0 Å². The Morgan fingerprint density at radius 1 is 0.939 bits per heavy atom. The molecule has 2 aromatic carbocycles. The van der Waals surface area contributed by atoms with Crippen LogP contribution in [0.25, 0.3) is 0 Å². The zero-order valence-corrected chi connectivity index (χ0v) is 17.6. The van der Waals surface area contributed by atoms with Crippen molar-refractivity contribution in [2.75, 3.05) is 36.8 Å². The van der Waals surface area contributed by atoms with Crippen LogP contribution in [0.1, 0.15) is 11.1 Å². The first-order chi connectivity index (χ1) is 15.4. The van der Waals surface area contributed by atoms with Gasteiger partial charge in [-0.05, 0) is 30.3 Å². The van der Waals surface area contributed by atoms with Gasteiger partial charge < -0.3 is 9.80 Å². The number of amides is 1. The first-order valence-electron chi connectivity index (χ1n) is 9.54. The first kappa shape index (κ1) is 24.7. The summed E-state index contributed by atoms with van der Waals surface area (Å²) in [6, 6.07) is 6.91. The molecular formula is C20H17F6N3O3S. The van der Waals surface area contributed by atoms with E-state index in [0.717, 1.165) is 36.0 Å². The van der Waals surface area contributed by atoms with Gasteiger partial charge >= 0.3 is 12.4 Å². The first-order valence-corrected chi connectivity index (χ1v) is 10.5. The summed E-state index contributed by atoms with van der Waals surface area (Å²) >= 11 is 0.959. The third-order valence-corrected chi connectivity index (χ3v) is 5.97. The van der Waals surface area contributed by atoms with E-state index in [1.54, 1.807) is 0 Å². The van der Waals surface area contributed by atoms with Crippen molar-refractivity contribution in [1.29, 1.82) is 0 Å². The molecule has 0 bridgehead atoms. The summed E-state index contributed by atoms with van der Waals surface area (Å²) in [6.07, 6.45) is -9.20. The fourth-order valence-corrected chi connectivity index (χ4v) is 4.17. The molecule has 0 saturated carbocycles. The molecule has 0 aliphatic carbocycles. The number of anilines is 1. The fraction of sp³-hybridized carbons (Fsp3) is 0.350. The van der Waals surface area contributed by atoms with Crippen molar-refractivity contribution >= 4 is 29.0 Å². The molecule has 1 heterocycles. The lowest BCUT2D eigenvalue weighted by Crippen LogP contribution is -2.49. The number of piperazine rings is 1. The lowest BCUT2D eigenvalue weighted by molar-refractivity contribution is -0.384. The van der Waals surface area contributed by atoms with Crippen LogP contribution in [0, 0.1) is 10.1 Å². The van der Waals surface area contributed by atoms with E-state index in [-0.39, 0.29) is 48.4 Å². The van der Waals surface area contributed by atoms with Crippen LogP contribution in [-0.2, 0) is 17.1 Å². The Balaban J connectivity index is 1.61. The monoisotopic (exact) mass is 493 g/mol. The van der Waals surface area contributed by atoms with Crippen molar-refractivity contribution in [3.8, 4) is 0 Å². The molecule has 2 aromatic rings.